The first-order valence-corrected chi connectivity index (χ1v) is 5.12. The summed E-state index contributed by atoms with van der Waals surface area (Å²) < 4.78 is 0.964. The van der Waals surface area contributed by atoms with Crippen molar-refractivity contribution >= 4 is 5.91 Å². The average Bonchev–Trinajstić information content (AvgIpc) is 2.13. The van der Waals surface area contributed by atoms with E-state index < -0.39 is 0 Å². The molecule has 0 spiro atoms. The van der Waals surface area contributed by atoms with E-state index in [1.54, 1.807) is 4.90 Å². The van der Waals surface area contributed by atoms with E-state index >= 15 is 0 Å². The van der Waals surface area contributed by atoms with Crippen LogP contribution in [0.3, 0.4) is 0 Å². The van der Waals surface area contributed by atoms with Crippen molar-refractivity contribution in [2.45, 2.75) is 13.3 Å². The van der Waals surface area contributed by atoms with E-state index in [9.17, 15) is 4.79 Å². The highest BCUT2D eigenvalue weighted by molar-refractivity contribution is 5.86. The van der Waals surface area contributed by atoms with E-state index in [-0.39, 0.29) is 5.91 Å². The smallest absolute Gasteiger partial charge is 0.245 e. The van der Waals surface area contributed by atoms with E-state index in [1.165, 1.54) is 12.5 Å². The number of hydrogen-bond donors (Lipinski definition) is 0. The second-order valence-electron chi connectivity index (χ2n) is 4.35. The molecule has 0 aliphatic rings. The van der Waals surface area contributed by atoms with E-state index in [1.807, 2.05) is 7.05 Å². The molecule has 0 N–H and O–H groups in total. The zero-order chi connectivity index (χ0) is 11.2. The normalized spacial score (nSPS) is 11.1. The molecule has 0 aromatic carbocycles. The fraction of sp³-hybridized carbons (Fsp3) is 0.727. The molecule has 0 fully saturated rings. The molecule has 3 nitrogen and oxygen atoms in total. The largest absolute Gasteiger partial charge is 0.337 e. The summed E-state index contributed by atoms with van der Waals surface area (Å²) in [5.41, 5.74) is 0. The highest BCUT2D eigenvalue weighted by Crippen LogP contribution is 1.99. The predicted molar refractivity (Wildman–Crippen MR) is 60.0 cm³/mol. The minimum atomic E-state index is 0.00139. The Bertz CT molecular complexity index is 199. The monoisotopic (exact) mass is 199 g/mol. The lowest BCUT2D eigenvalue weighted by atomic mass is 10.3. The van der Waals surface area contributed by atoms with Crippen molar-refractivity contribution in [2.24, 2.45) is 0 Å². The van der Waals surface area contributed by atoms with Crippen molar-refractivity contribution in [1.29, 1.82) is 0 Å². The zero-order valence-corrected chi connectivity index (χ0v) is 9.92. The van der Waals surface area contributed by atoms with Gasteiger partial charge in [0, 0.05) is 7.05 Å². The molecule has 82 valence electrons. The van der Waals surface area contributed by atoms with Crippen LogP contribution in [0.5, 0.6) is 0 Å². The van der Waals surface area contributed by atoms with Gasteiger partial charge in [0.25, 0.3) is 0 Å². The molecule has 14 heavy (non-hydrogen) atoms. The van der Waals surface area contributed by atoms with Gasteiger partial charge in [-0.05, 0) is 12.5 Å². The van der Waals surface area contributed by atoms with Gasteiger partial charge in [-0.2, -0.15) is 0 Å². The predicted octanol–water partition coefficient (Wildman–Crippen LogP) is 1.12. The molecule has 3 heteroatoms. The molecule has 0 bridgehead atoms. The number of amides is 1. The number of carbonyl (C=O) groups is 1. The lowest BCUT2D eigenvalue weighted by molar-refractivity contribution is -0.889. The summed E-state index contributed by atoms with van der Waals surface area (Å²) in [6.07, 6.45) is 2.53. The van der Waals surface area contributed by atoms with Crippen LogP contribution in [0.25, 0.3) is 0 Å². The van der Waals surface area contributed by atoms with Gasteiger partial charge in [-0.1, -0.05) is 13.5 Å². The Kier molecular flexibility index (Phi) is 5.46. The Morgan fingerprint density at radius 2 is 2.00 bits per heavy atom. The van der Waals surface area contributed by atoms with Crippen LogP contribution >= 0.6 is 0 Å². The number of carbonyl (C=O) groups excluding carboxylic acids is 1. The van der Waals surface area contributed by atoms with Gasteiger partial charge in [0.2, 0.25) is 5.91 Å². The summed E-state index contributed by atoms with van der Waals surface area (Å²) in [5, 5.41) is 0. The lowest BCUT2D eigenvalue weighted by Crippen LogP contribution is -2.46. The van der Waals surface area contributed by atoms with Crippen LogP contribution in [-0.4, -0.2) is 56.1 Å². The van der Waals surface area contributed by atoms with Crippen LogP contribution < -0.4 is 0 Å². The Morgan fingerprint density at radius 1 is 1.43 bits per heavy atom. The van der Waals surface area contributed by atoms with Crippen LogP contribution in [0.15, 0.2) is 12.7 Å². The Balaban J connectivity index is 3.92. The summed E-state index contributed by atoms with van der Waals surface area (Å²) in [6, 6.07) is 0. The summed E-state index contributed by atoms with van der Waals surface area (Å²) in [4.78, 5) is 12.9. The van der Waals surface area contributed by atoms with Crippen LogP contribution in [-0.2, 0) is 4.79 Å². The molecule has 0 rings (SSSR count). The molecular formula is C11H23N2O+. The van der Waals surface area contributed by atoms with Gasteiger partial charge < -0.3 is 9.38 Å². The van der Waals surface area contributed by atoms with Crippen molar-refractivity contribution in [3.63, 3.8) is 0 Å². The van der Waals surface area contributed by atoms with Gasteiger partial charge in [0.05, 0.1) is 33.7 Å². The Hall–Kier alpha value is -0.830. The molecule has 0 saturated carbocycles. The van der Waals surface area contributed by atoms with Crippen LogP contribution in [0.4, 0.5) is 0 Å². The number of likely N-dealkylation sites (N-methyl/N-ethyl adjacent to an activating group) is 2. The fourth-order valence-electron chi connectivity index (χ4n) is 1.40. The van der Waals surface area contributed by atoms with Gasteiger partial charge >= 0.3 is 0 Å². The maximum Gasteiger partial charge on any atom is 0.245 e. The molecule has 0 aromatic heterocycles. The molecule has 0 atom stereocenters. The molecule has 0 heterocycles. The van der Waals surface area contributed by atoms with E-state index in [0.717, 1.165) is 24.1 Å². The average molecular weight is 199 g/mol. The summed E-state index contributed by atoms with van der Waals surface area (Å²) in [7, 11) is 6.20. The highest BCUT2D eigenvalue weighted by Gasteiger charge is 2.15. The Labute approximate surface area is 87.6 Å². The third kappa shape index (κ3) is 5.02. The molecule has 0 unspecified atom stereocenters. The topological polar surface area (TPSA) is 20.3 Å². The summed E-state index contributed by atoms with van der Waals surface area (Å²) in [5.74, 6) is 0.00139. The zero-order valence-electron chi connectivity index (χ0n) is 9.92. The number of hydrogen-bond acceptors (Lipinski definition) is 1. The molecule has 0 aromatic rings. The van der Waals surface area contributed by atoms with Crippen molar-refractivity contribution in [2.75, 3.05) is 40.8 Å². The van der Waals surface area contributed by atoms with Gasteiger partial charge in [-0.25, -0.2) is 0 Å². The third-order valence-corrected chi connectivity index (χ3v) is 2.42. The number of nitrogens with zero attached hydrogens (tertiary/aromatic N) is 2. The first-order valence-electron chi connectivity index (χ1n) is 5.12. The molecule has 1 amide bonds. The first kappa shape index (κ1) is 13.2. The van der Waals surface area contributed by atoms with Gasteiger partial charge in [0.15, 0.2) is 0 Å². The molecule has 0 aliphatic carbocycles. The Morgan fingerprint density at radius 3 is 2.43 bits per heavy atom. The maximum absolute atomic E-state index is 11.2. The van der Waals surface area contributed by atoms with Crippen molar-refractivity contribution in [3.8, 4) is 0 Å². The third-order valence-electron chi connectivity index (χ3n) is 2.42. The minimum Gasteiger partial charge on any atom is -0.337 e. The highest BCUT2D eigenvalue weighted by atomic mass is 16.2. The number of quaternary nitrogens is 1. The number of rotatable bonds is 6. The van der Waals surface area contributed by atoms with E-state index in [0.29, 0.717) is 0 Å². The first-order chi connectivity index (χ1) is 6.43. The molecular weight excluding hydrogens is 176 g/mol. The fourth-order valence-corrected chi connectivity index (χ4v) is 1.40. The van der Waals surface area contributed by atoms with Crippen LogP contribution in [0, 0.1) is 0 Å². The van der Waals surface area contributed by atoms with E-state index in [4.69, 9.17) is 0 Å². The van der Waals surface area contributed by atoms with Crippen LogP contribution in [0.1, 0.15) is 13.3 Å². The lowest BCUT2D eigenvalue weighted by Gasteiger charge is -2.31. The maximum atomic E-state index is 11.2. The van der Waals surface area contributed by atoms with Crippen molar-refractivity contribution < 1.29 is 9.28 Å². The second kappa shape index (κ2) is 5.81. The molecule has 0 aliphatic heterocycles. The van der Waals surface area contributed by atoms with Gasteiger partial charge in [-0.15, -0.1) is 0 Å². The molecule has 0 radical (unpaired) electrons. The van der Waals surface area contributed by atoms with Gasteiger partial charge in [0.1, 0.15) is 0 Å². The quantitative estimate of drug-likeness (QED) is 0.464. The summed E-state index contributed by atoms with van der Waals surface area (Å²) >= 11 is 0. The minimum absolute atomic E-state index is 0.00139. The van der Waals surface area contributed by atoms with Crippen LogP contribution in [0.2, 0.25) is 0 Å². The van der Waals surface area contributed by atoms with Crippen molar-refractivity contribution in [1.82, 2.24) is 4.90 Å². The van der Waals surface area contributed by atoms with E-state index in [2.05, 4.69) is 27.6 Å². The molecule has 0 saturated heterocycles. The SMILES string of the molecule is C=CC(=O)N(C)CC[N+](C)(C)CCC. The van der Waals surface area contributed by atoms with Crippen molar-refractivity contribution in [3.05, 3.63) is 12.7 Å². The summed E-state index contributed by atoms with van der Waals surface area (Å²) in [6.45, 7) is 8.57. The standard InChI is InChI=1S/C11H23N2O/c1-6-9-13(4,5)10-8-12(3)11(14)7-2/h7H,2,6,8-10H2,1,3-5H3/q+1. The van der Waals surface area contributed by atoms with Gasteiger partial charge in [-0.3, -0.25) is 4.79 Å². The second-order valence-corrected chi connectivity index (χ2v) is 4.35.